The summed E-state index contributed by atoms with van der Waals surface area (Å²) in [5.74, 6) is -0.638. The molecule has 1 amide bonds. The number of carbonyl (C=O) groups is 2. The molecule has 6 heteroatoms. The number of hydrogen-bond acceptors (Lipinski definition) is 4. The third-order valence-corrected chi connectivity index (χ3v) is 2.45. The van der Waals surface area contributed by atoms with Crippen molar-refractivity contribution in [2.24, 2.45) is 5.41 Å². The molecule has 0 aliphatic heterocycles. The Morgan fingerprint density at radius 2 is 2.18 bits per heavy atom. The predicted molar refractivity (Wildman–Crippen MR) is 59.1 cm³/mol. The number of amides is 1. The summed E-state index contributed by atoms with van der Waals surface area (Å²) in [6, 6.07) is 0. The van der Waals surface area contributed by atoms with Gasteiger partial charge in [-0.05, 0) is 13.8 Å². The van der Waals surface area contributed by atoms with Gasteiger partial charge in [0.25, 0.3) is 0 Å². The third kappa shape index (κ3) is 3.05. The first-order valence-corrected chi connectivity index (χ1v) is 5.33. The number of nitrogens with one attached hydrogen (secondary N) is 1. The van der Waals surface area contributed by atoms with E-state index in [0.717, 1.165) is 12.2 Å². The maximum absolute atomic E-state index is 11.6. The van der Waals surface area contributed by atoms with Crippen molar-refractivity contribution in [1.29, 1.82) is 0 Å². The van der Waals surface area contributed by atoms with E-state index in [0.29, 0.717) is 5.89 Å². The standard InChI is InChI=1S/C11H16N2O4/c1-4-7-5-12-8(17-7)6-13-9(14)11(2,3)10(15)16/h5H,4,6H2,1-3H3,(H,13,14)(H,15,16). The molecular weight excluding hydrogens is 224 g/mol. The van der Waals surface area contributed by atoms with Crippen molar-refractivity contribution in [2.75, 3.05) is 0 Å². The van der Waals surface area contributed by atoms with E-state index in [2.05, 4.69) is 10.3 Å². The van der Waals surface area contributed by atoms with Crippen molar-refractivity contribution < 1.29 is 19.1 Å². The Hall–Kier alpha value is -1.85. The molecule has 0 unspecified atom stereocenters. The summed E-state index contributed by atoms with van der Waals surface area (Å²) < 4.78 is 5.28. The van der Waals surface area contributed by atoms with E-state index in [1.807, 2.05) is 6.92 Å². The Balaban J connectivity index is 2.56. The number of aromatic nitrogens is 1. The topological polar surface area (TPSA) is 92.4 Å². The van der Waals surface area contributed by atoms with Crippen molar-refractivity contribution in [3.63, 3.8) is 0 Å². The zero-order valence-electron chi connectivity index (χ0n) is 10.1. The maximum atomic E-state index is 11.6. The van der Waals surface area contributed by atoms with Crippen LogP contribution in [0.1, 0.15) is 32.4 Å². The van der Waals surface area contributed by atoms with Crippen LogP contribution in [0.5, 0.6) is 0 Å². The Morgan fingerprint density at radius 1 is 1.53 bits per heavy atom. The molecule has 0 aromatic carbocycles. The van der Waals surface area contributed by atoms with Crippen molar-refractivity contribution in [3.05, 3.63) is 17.8 Å². The van der Waals surface area contributed by atoms with Gasteiger partial charge in [-0.1, -0.05) is 6.92 Å². The molecule has 1 rings (SSSR count). The molecule has 0 saturated carbocycles. The van der Waals surface area contributed by atoms with Crippen LogP contribution in [-0.2, 0) is 22.6 Å². The van der Waals surface area contributed by atoms with Crippen LogP contribution in [0.15, 0.2) is 10.6 Å². The van der Waals surface area contributed by atoms with Crippen LogP contribution in [-0.4, -0.2) is 22.0 Å². The van der Waals surface area contributed by atoms with Gasteiger partial charge in [-0.2, -0.15) is 0 Å². The van der Waals surface area contributed by atoms with Crippen molar-refractivity contribution in [2.45, 2.75) is 33.7 Å². The number of aryl methyl sites for hydroxylation is 1. The zero-order valence-corrected chi connectivity index (χ0v) is 10.1. The second-order valence-electron chi connectivity index (χ2n) is 4.19. The zero-order chi connectivity index (χ0) is 13.1. The lowest BCUT2D eigenvalue weighted by Gasteiger charge is -2.17. The molecule has 0 fully saturated rings. The van der Waals surface area contributed by atoms with Crippen LogP contribution in [0.3, 0.4) is 0 Å². The Kier molecular flexibility index (Phi) is 3.88. The number of aliphatic carboxylic acids is 1. The molecule has 1 aromatic rings. The number of hydrogen-bond donors (Lipinski definition) is 2. The molecule has 0 aliphatic rings. The number of nitrogens with zero attached hydrogens (tertiary/aromatic N) is 1. The molecule has 0 atom stereocenters. The lowest BCUT2D eigenvalue weighted by atomic mass is 9.93. The van der Waals surface area contributed by atoms with Gasteiger partial charge in [0.2, 0.25) is 11.8 Å². The van der Waals surface area contributed by atoms with Crippen LogP contribution in [0, 0.1) is 5.41 Å². The first-order valence-electron chi connectivity index (χ1n) is 5.33. The average Bonchev–Trinajstić information content (AvgIpc) is 2.73. The normalized spacial score (nSPS) is 11.2. The van der Waals surface area contributed by atoms with Gasteiger partial charge in [-0.25, -0.2) is 4.98 Å². The summed E-state index contributed by atoms with van der Waals surface area (Å²) in [7, 11) is 0. The minimum Gasteiger partial charge on any atom is -0.480 e. The molecule has 0 aliphatic carbocycles. The van der Waals surface area contributed by atoms with Gasteiger partial charge in [0.15, 0.2) is 0 Å². The van der Waals surface area contributed by atoms with Gasteiger partial charge in [0, 0.05) is 6.42 Å². The van der Waals surface area contributed by atoms with Crippen LogP contribution in [0.4, 0.5) is 0 Å². The molecule has 1 aromatic heterocycles. The van der Waals surface area contributed by atoms with Gasteiger partial charge < -0.3 is 14.8 Å². The number of carboxylic acid groups (broad SMARTS) is 1. The number of oxazole rings is 1. The molecule has 2 N–H and O–H groups in total. The van der Waals surface area contributed by atoms with Gasteiger partial charge in [0.05, 0.1) is 12.7 Å². The molecule has 0 saturated heterocycles. The van der Waals surface area contributed by atoms with E-state index < -0.39 is 17.3 Å². The van der Waals surface area contributed by atoms with E-state index in [4.69, 9.17) is 9.52 Å². The van der Waals surface area contributed by atoms with Crippen LogP contribution >= 0.6 is 0 Å². The van der Waals surface area contributed by atoms with Crippen molar-refractivity contribution in [3.8, 4) is 0 Å². The molecule has 0 spiro atoms. The fourth-order valence-corrected chi connectivity index (χ4v) is 1.07. The summed E-state index contributed by atoms with van der Waals surface area (Å²) in [5, 5.41) is 11.3. The highest BCUT2D eigenvalue weighted by atomic mass is 16.4. The Morgan fingerprint density at radius 3 is 2.65 bits per heavy atom. The minimum absolute atomic E-state index is 0.0928. The van der Waals surface area contributed by atoms with Gasteiger partial charge >= 0.3 is 5.97 Å². The first-order chi connectivity index (χ1) is 7.87. The fraction of sp³-hybridized carbons (Fsp3) is 0.545. The summed E-state index contributed by atoms with van der Waals surface area (Å²) in [5.41, 5.74) is -1.46. The first kappa shape index (κ1) is 13.2. The monoisotopic (exact) mass is 240 g/mol. The van der Waals surface area contributed by atoms with Gasteiger partial charge in [0.1, 0.15) is 11.2 Å². The average molecular weight is 240 g/mol. The predicted octanol–water partition coefficient (Wildman–Crippen LogP) is 0.964. The van der Waals surface area contributed by atoms with Gasteiger partial charge in [-0.3, -0.25) is 9.59 Å². The van der Waals surface area contributed by atoms with Crippen LogP contribution < -0.4 is 5.32 Å². The lowest BCUT2D eigenvalue weighted by molar-refractivity contribution is -0.153. The lowest BCUT2D eigenvalue weighted by Crippen LogP contribution is -2.42. The second-order valence-corrected chi connectivity index (χ2v) is 4.19. The highest BCUT2D eigenvalue weighted by molar-refractivity contribution is 6.00. The quantitative estimate of drug-likeness (QED) is 0.748. The summed E-state index contributed by atoms with van der Waals surface area (Å²) in [6.45, 7) is 4.71. The molecule has 0 radical (unpaired) electrons. The molecule has 17 heavy (non-hydrogen) atoms. The molecule has 6 nitrogen and oxygen atoms in total. The second kappa shape index (κ2) is 4.99. The van der Waals surface area contributed by atoms with E-state index >= 15 is 0 Å². The van der Waals surface area contributed by atoms with E-state index in [1.54, 1.807) is 6.20 Å². The smallest absolute Gasteiger partial charge is 0.318 e. The number of rotatable bonds is 5. The van der Waals surface area contributed by atoms with Crippen LogP contribution in [0.25, 0.3) is 0 Å². The molecular formula is C11H16N2O4. The largest absolute Gasteiger partial charge is 0.480 e. The number of carboxylic acids is 1. The molecule has 94 valence electrons. The minimum atomic E-state index is -1.46. The van der Waals surface area contributed by atoms with Crippen LogP contribution in [0.2, 0.25) is 0 Å². The fourth-order valence-electron chi connectivity index (χ4n) is 1.07. The Bertz CT molecular complexity index is 423. The third-order valence-electron chi connectivity index (χ3n) is 2.45. The molecule has 0 bridgehead atoms. The summed E-state index contributed by atoms with van der Waals surface area (Å²) in [6.07, 6.45) is 2.31. The van der Waals surface area contributed by atoms with Crippen molar-refractivity contribution in [1.82, 2.24) is 10.3 Å². The van der Waals surface area contributed by atoms with E-state index in [-0.39, 0.29) is 6.54 Å². The van der Waals surface area contributed by atoms with E-state index in [1.165, 1.54) is 13.8 Å². The van der Waals surface area contributed by atoms with Gasteiger partial charge in [-0.15, -0.1) is 0 Å². The van der Waals surface area contributed by atoms with Crippen molar-refractivity contribution >= 4 is 11.9 Å². The van der Waals surface area contributed by atoms with E-state index in [9.17, 15) is 9.59 Å². The highest BCUT2D eigenvalue weighted by Crippen LogP contribution is 2.15. The summed E-state index contributed by atoms with van der Waals surface area (Å²) >= 11 is 0. The highest BCUT2D eigenvalue weighted by Gasteiger charge is 2.35. The molecule has 1 heterocycles. The summed E-state index contributed by atoms with van der Waals surface area (Å²) in [4.78, 5) is 26.4. The SMILES string of the molecule is CCc1cnc(CNC(=O)C(C)(C)C(=O)O)o1. The maximum Gasteiger partial charge on any atom is 0.318 e. The number of carbonyl (C=O) groups excluding carboxylic acids is 1. The Labute approximate surface area is 99.0 Å².